The molecule has 1 aliphatic rings. The van der Waals surface area contributed by atoms with Crippen LogP contribution in [-0.2, 0) is 6.54 Å². The first-order chi connectivity index (χ1) is 8.74. The third-order valence-corrected chi connectivity index (χ3v) is 3.42. The fourth-order valence-corrected chi connectivity index (χ4v) is 2.34. The lowest BCUT2D eigenvalue weighted by molar-refractivity contribution is 0.163. The van der Waals surface area contributed by atoms with Crippen molar-refractivity contribution in [3.8, 4) is 0 Å². The maximum atomic E-state index is 11.8. The summed E-state index contributed by atoms with van der Waals surface area (Å²) in [5.41, 5.74) is 0.538. The van der Waals surface area contributed by atoms with Gasteiger partial charge in [-0.25, -0.2) is 4.79 Å². The molecule has 0 bridgehead atoms. The van der Waals surface area contributed by atoms with Crippen LogP contribution in [0.5, 0.6) is 0 Å². The molecule has 5 heteroatoms. The zero-order valence-corrected chi connectivity index (χ0v) is 10.4. The molecule has 0 unspecified atom stereocenters. The highest BCUT2D eigenvalue weighted by Gasteiger charge is 2.34. The Hall–Kier alpha value is -1.62. The van der Waals surface area contributed by atoms with Crippen molar-refractivity contribution in [2.75, 3.05) is 6.61 Å². The molecule has 1 saturated carbocycles. The average Bonchev–Trinajstić information content (AvgIpc) is 2.87. The molecule has 2 rings (SSSR count). The van der Waals surface area contributed by atoms with Crippen LogP contribution in [0.2, 0.25) is 0 Å². The van der Waals surface area contributed by atoms with Gasteiger partial charge in [0, 0.05) is 18.9 Å². The third-order valence-electron chi connectivity index (χ3n) is 3.42. The summed E-state index contributed by atoms with van der Waals surface area (Å²) in [5.74, 6) is 0. The smallest absolute Gasteiger partial charge is 0.315 e. The summed E-state index contributed by atoms with van der Waals surface area (Å²) in [4.78, 5) is 15.8. The van der Waals surface area contributed by atoms with Gasteiger partial charge in [-0.15, -0.1) is 0 Å². The SMILES string of the molecule is O=C(NCc1cccnc1)NC1(CO)CCCC1. The molecule has 5 nitrogen and oxygen atoms in total. The molecule has 0 aliphatic heterocycles. The number of aliphatic hydroxyl groups is 1. The van der Waals surface area contributed by atoms with Crippen molar-refractivity contribution in [1.82, 2.24) is 15.6 Å². The van der Waals surface area contributed by atoms with Crippen LogP contribution in [0, 0.1) is 0 Å². The molecule has 0 saturated heterocycles. The van der Waals surface area contributed by atoms with E-state index in [9.17, 15) is 9.90 Å². The summed E-state index contributed by atoms with van der Waals surface area (Å²) < 4.78 is 0. The first-order valence-electron chi connectivity index (χ1n) is 6.30. The van der Waals surface area contributed by atoms with Crippen LogP contribution in [0.25, 0.3) is 0 Å². The number of amides is 2. The highest BCUT2D eigenvalue weighted by Crippen LogP contribution is 2.28. The van der Waals surface area contributed by atoms with E-state index in [1.807, 2.05) is 12.1 Å². The number of nitrogens with one attached hydrogen (secondary N) is 2. The van der Waals surface area contributed by atoms with Crippen molar-refractivity contribution >= 4 is 6.03 Å². The van der Waals surface area contributed by atoms with E-state index in [0.29, 0.717) is 6.54 Å². The van der Waals surface area contributed by atoms with Crippen LogP contribution >= 0.6 is 0 Å². The van der Waals surface area contributed by atoms with Crippen LogP contribution in [0.3, 0.4) is 0 Å². The van der Waals surface area contributed by atoms with Gasteiger partial charge in [-0.05, 0) is 24.5 Å². The van der Waals surface area contributed by atoms with Gasteiger partial charge in [0.1, 0.15) is 0 Å². The molecule has 1 aliphatic carbocycles. The van der Waals surface area contributed by atoms with E-state index in [1.54, 1.807) is 12.4 Å². The Labute approximate surface area is 107 Å². The Balaban J connectivity index is 1.82. The second-order valence-electron chi connectivity index (χ2n) is 4.81. The van der Waals surface area contributed by atoms with E-state index in [2.05, 4.69) is 15.6 Å². The fraction of sp³-hybridized carbons (Fsp3) is 0.538. The van der Waals surface area contributed by atoms with E-state index in [4.69, 9.17) is 0 Å². The van der Waals surface area contributed by atoms with Gasteiger partial charge in [-0.3, -0.25) is 4.98 Å². The number of pyridine rings is 1. The molecule has 1 fully saturated rings. The molecule has 1 aromatic rings. The molecule has 0 radical (unpaired) electrons. The number of aliphatic hydroxyl groups excluding tert-OH is 1. The van der Waals surface area contributed by atoms with Crippen molar-refractivity contribution in [3.05, 3.63) is 30.1 Å². The summed E-state index contributed by atoms with van der Waals surface area (Å²) in [6.07, 6.45) is 7.24. The van der Waals surface area contributed by atoms with Crippen LogP contribution in [0.15, 0.2) is 24.5 Å². The van der Waals surface area contributed by atoms with E-state index >= 15 is 0 Å². The number of carbonyl (C=O) groups is 1. The van der Waals surface area contributed by atoms with Gasteiger partial charge in [-0.1, -0.05) is 18.9 Å². The quantitative estimate of drug-likeness (QED) is 0.750. The van der Waals surface area contributed by atoms with Gasteiger partial charge in [0.25, 0.3) is 0 Å². The fourth-order valence-electron chi connectivity index (χ4n) is 2.34. The molecular formula is C13H19N3O2. The predicted molar refractivity (Wildman–Crippen MR) is 67.9 cm³/mol. The molecule has 98 valence electrons. The Morgan fingerprint density at radius 2 is 2.22 bits per heavy atom. The number of hydrogen-bond acceptors (Lipinski definition) is 3. The van der Waals surface area contributed by atoms with E-state index < -0.39 is 5.54 Å². The topological polar surface area (TPSA) is 74.2 Å². The van der Waals surface area contributed by atoms with Crippen molar-refractivity contribution in [1.29, 1.82) is 0 Å². The van der Waals surface area contributed by atoms with Gasteiger partial charge >= 0.3 is 6.03 Å². The average molecular weight is 249 g/mol. The number of hydrogen-bond donors (Lipinski definition) is 3. The molecule has 1 aromatic heterocycles. The Morgan fingerprint density at radius 1 is 1.44 bits per heavy atom. The number of nitrogens with zero attached hydrogens (tertiary/aromatic N) is 1. The van der Waals surface area contributed by atoms with E-state index in [1.165, 1.54) is 0 Å². The first-order valence-corrected chi connectivity index (χ1v) is 6.30. The number of urea groups is 1. The second kappa shape index (κ2) is 5.82. The highest BCUT2D eigenvalue weighted by atomic mass is 16.3. The minimum Gasteiger partial charge on any atom is -0.394 e. The Kier molecular flexibility index (Phi) is 4.15. The van der Waals surface area contributed by atoms with Crippen LogP contribution < -0.4 is 10.6 Å². The first kappa shape index (κ1) is 12.8. The third kappa shape index (κ3) is 3.20. The largest absolute Gasteiger partial charge is 0.394 e. The zero-order valence-electron chi connectivity index (χ0n) is 10.4. The number of aromatic nitrogens is 1. The lowest BCUT2D eigenvalue weighted by atomic mass is 9.99. The maximum Gasteiger partial charge on any atom is 0.315 e. The second-order valence-corrected chi connectivity index (χ2v) is 4.81. The lowest BCUT2D eigenvalue weighted by Gasteiger charge is -2.27. The van der Waals surface area contributed by atoms with Crippen LogP contribution in [-0.4, -0.2) is 28.3 Å². The number of carbonyl (C=O) groups excluding carboxylic acids is 1. The standard InChI is InChI=1S/C13H19N3O2/c17-10-13(5-1-2-6-13)16-12(18)15-9-11-4-3-7-14-8-11/h3-4,7-8,17H,1-2,5-6,9-10H2,(H2,15,16,18). The summed E-state index contributed by atoms with van der Waals surface area (Å²) in [6.45, 7) is 0.453. The normalized spacial score (nSPS) is 17.4. The van der Waals surface area contributed by atoms with Gasteiger partial charge < -0.3 is 15.7 Å². The molecule has 1 heterocycles. The maximum absolute atomic E-state index is 11.8. The summed E-state index contributed by atoms with van der Waals surface area (Å²) in [6, 6.07) is 3.51. The Morgan fingerprint density at radius 3 is 2.83 bits per heavy atom. The van der Waals surface area contributed by atoms with Crippen molar-refractivity contribution < 1.29 is 9.90 Å². The van der Waals surface area contributed by atoms with Gasteiger partial charge in [0.2, 0.25) is 0 Å². The van der Waals surface area contributed by atoms with Crippen molar-refractivity contribution in [2.24, 2.45) is 0 Å². The number of rotatable bonds is 4. The molecule has 2 amide bonds. The summed E-state index contributed by atoms with van der Waals surface area (Å²) in [7, 11) is 0. The predicted octanol–water partition coefficient (Wildman–Crippen LogP) is 1.19. The highest BCUT2D eigenvalue weighted by molar-refractivity contribution is 5.74. The van der Waals surface area contributed by atoms with Gasteiger partial charge in [-0.2, -0.15) is 0 Å². The van der Waals surface area contributed by atoms with Gasteiger partial charge in [0.15, 0.2) is 0 Å². The van der Waals surface area contributed by atoms with Crippen LogP contribution in [0.4, 0.5) is 4.79 Å². The molecule has 0 aromatic carbocycles. The van der Waals surface area contributed by atoms with Crippen LogP contribution in [0.1, 0.15) is 31.2 Å². The Bertz CT molecular complexity index is 388. The lowest BCUT2D eigenvalue weighted by Crippen LogP contribution is -2.52. The van der Waals surface area contributed by atoms with Crippen molar-refractivity contribution in [2.45, 2.75) is 37.8 Å². The molecule has 0 spiro atoms. The summed E-state index contributed by atoms with van der Waals surface area (Å²) >= 11 is 0. The monoisotopic (exact) mass is 249 g/mol. The minimum atomic E-state index is -0.418. The molecule has 3 N–H and O–H groups in total. The van der Waals surface area contributed by atoms with E-state index in [-0.39, 0.29) is 12.6 Å². The van der Waals surface area contributed by atoms with Gasteiger partial charge in [0.05, 0.1) is 12.1 Å². The molecule has 0 atom stereocenters. The summed E-state index contributed by atoms with van der Waals surface area (Å²) in [5, 5.41) is 15.1. The molecular weight excluding hydrogens is 230 g/mol. The minimum absolute atomic E-state index is 0.00725. The van der Waals surface area contributed by atoms with E-state index in [0.717, 1.165) is 31.2 Å². The molecule has 18 heavy (non-hydrogen) atoms. The zero-order chi connectivity index (χ0) is 12.8. The van der Waals surface area contributed by atoms with Crippen molar-refractivity contribution in [3.63, 3.8) is 0 Å².